The highest BCUT2D eigenvalue weighted by Crippen LogP contribution is 2.21. The molecule has 0 fully saturated rings. The van der Waals surface area contributed by atoms with Crippen LogP contribution < -0.4 is 0 Å². The van der Waals surface area contributed by atoms with Crippen LogP contribution in [0.2, 0.25) is 0 Å². The molecule has 0 radical (unpaired) electrons. The number of aryl methyl sites for hydroxylation is 3. The highest BCUT2D eigenvalue weighted by atomic mass is 16.3. The lowest BCUT2D eigenvalue weighted by molar-refractivity contribution is 0.165. The van der Waals surface area contributed by atoms with Gasteiger partial charge in [0.05, 0.1) is 6.10 Å². The van der Waals surface area contributed by atoms with Crippen LogP contribution in [0.4, 0.5) is 0 Å². The van der Waals surface area contributed by atoms with Gasteiger partial charge in [0, 0.05) is 38.3 Å². The van der Waals surface area contributed by atoms with E-state index in [0.717, 1.165) is 29.8 Å². The SMILES string of the molecule is CCc1cnccc1C(O)CCc1nccn1C. The van der Waals surface area contributed by atoms with Gasteiger partial charge < -0.3 is 9.67 Å². The third kappa shape index (κ3) is 2.76. The molecule has 0 bridgehead atoms. The Morgan fingerprint density at radius 2 is 2.22 bits per heavy atom. The molecule has 0 aliphatic rings. The largest absolute Gasteiger partial charge is 0.388 e. The number of hydrogen-bond acceptors (Lipinski definition) is 3. The highest BCUT2D eigenvalue weighted by molar-refractivity contribution is 5.25. The summed E-state index contributed by atoms with van der Waals surface area (Å²) in [6.07, 6.45) is 9.18. The van der Waals surface area contributed by atoms with Gasteiger partial charge in [-0.1, -0.05) is 6.92 Å². The summed E-state index contributed by atoms with van der Waals surface area (Å²) in [7, 11) is 1.97. The minimum Gasteiger partial charge on any atom is -0.388 e. The molecule has 1 unspecified atom stereocenters. The van der Waals surface area contributed by atoms with Crippen molar-refractivity contribution in [1.29, 1.82) is 0 Å². The number of aliphatic hydroxyl groups excluding tert-OH is 1. The fourth-order valence-corrected chi connectivity index (χ4v) is 2.12. The van der Waals surface area contributed by atoms with E-state index in [9.17, 15) is 5.11 Å². The molecule has 4 heteroatoms. The van der Waals surface area contributed by atoms with Crippen LogP contribution in [0, 0.1) is 0 Å². The van der Waals surface area contributed by atoms with Gasteiger partial charge in [-0.25, -0.2) is 4.98 Å². The lowest BCUT2D eigenvalue weighted by Gasteiger charge is -2.14. The Bertz CT molecular complexity index is 507. The topological polar surface area (TPSA) is 50.9 Å². The van der Waals surface area contributed by atoms with Gasteiger partial charge in [0.25, 0.3) is 0 Å². The zero-order chi connectivity index (χ0) is 13.0. The van der Waals surface area contributed by atoms with Crippen LogP contribution in [0.3, 0.4) is 0 Å². The minimum absolute atomic E-state index is 0.445. The number of hydrogen-bond donors (Lipinski definition) is 1. The average Bonchev–Trinajstić information content (AvgIpc) is 2.81. The molecule has 2 aromatic heterocycles. The second-order valence-corrected chi connectivity index (χ2v) is 4.44. The van der Waals surface area contributed by atoms with Crippen molar-refractivity contribution >= 4 is 0 Å². The molecule has 0 amide bonds. The van der Waals surface area contributed by atoms with Crippen molar-refractivity contribution in [1.82, 2.24) is 14.5 Å². The predicted octanol–water partition coefficient (Wildman–Crippen LogP) is 2.04. The lowest BCUT2D eigenvalue weighted by Crippen LogP contribution is -2.06. The van der Waals surface area contributed by atoms with Crippen LogP contribution in [0.25, 0.3) is 0 Å². The first-order chi connectivity index (χ1) is 8.72. The summed E-state index contributed by atoms with van der Waals surface area (Å²) in [5, 5.41) is 10.3. The van der Waals surface area contributed by atoms with Crippen LogP contribution in [-0.4, -0.2) is 19.6 Å². The van der Waals surface area contributed by atoms with Gasteiger partial charge in [0.15, 0.2) is 0 Å². The summed E-state index contributed by atoms with van der Waals surface area (Å²) in [5.74, 6) is 1.00. The molecule has 0 aliphatic heterocycles. The Morgan fingerprint density at radius 1 is 1.39 bits per heavy atom. The van der Waals surface area contributed by atoms with Gasteiger partial charge in [-0.05, 0) is 30.0 Å². The van der Waals surface area contributed by atoms with Crippen LogP contribution >= 0.6 is 0 Å². The van der Waals surface area contributed by atoms with Crippen LogP contribution in [-0.2, 0) is 19.9 Å². The molecule has 0 saturated heterocycles. The quantitative estimate of drug-likeness (QED) is 0.877. The first-order valence-electron chi connectivity index (χ1n) is 6.29. The monoisotopic (exact) mass is 245 g/mol. The Balaban J connectivity index is 2.03. The molecule has 4 nitrogen and oxygen atoms in total. The molecule has 2 heterocycles. The maximum atomic E-state index is 10.3. The van der Waals surface area contributed by atoms with E-state index in [1.165, 1.54) is 0 Å². The fraction of sp³-hybridized carbons (Fsp3) is 0.429. The van der Waals surface area contributed by atoms with Gasteiger partial charge in [-0.3, -0.25) is 4.98 Å². The average molecular weight is 245 g/mol. The first-order valence-corrected chi connectivity index (χ1v) is 6.29. The third-order valence-electron chi connectivity index (χ3n) is 3.24. The number of imidazole rings is 1. The maximum absolute atomic E-state index is 10.3. The number of aromatic nitrogens is 3. The summed E-state index contributed by atoms with van der Waals surface area (Å²) in [6.45, 7) is 2.08. The number of aliphatic hydroxyl groups is 1. The van der Waals surface area contributed by atoms with E-state index in [1.807, 2.05) is 30.1 Å². The molecule has 0 spiro atoms. The van der Waals surface area contributed by atoms with Gasteiger partial charge in [-0.2, -0.15) is 0 Å². The number of pyridine rings is 1. The molecule has 0 aromatic carbocycles. The summed E-state index contributed by atoms with van der Waals surface area (Å²) < 4.78 is 1.99. The summed E-state index contributed by atoms with van der Waals surface area (Å²) in [6, 6.07) is 1.90. The third-order valence-corrected chi connectivity index (χ3v) is 3.24. The second-order valence-electron chi connectivity index (χ2n) is 4.44. The molecule has 0 aliphatic carbocycles. The summed E-state index contributed by atoms with van der Waals surface area (Å²) in [4.78, 5) is 8.36. The molecule has 2 rings (SSSR count). The van der Waals surface area contributed by atoms with Crippen molar-refractivity contribution in [3.63, 3.8) is 0 Å². The zero-order valence-electron chi connectivity index (χ0n) is 10.9. The number of rotatable bonds is 5. The molecule has 18 heavy (non-hydrogen) atoms. The molecule has 1 N–H and O–H groups in total. The van der Waals surface area contributed by atoms with Gasteiger partial charge in [-0.15, -0.1) is 0 Å². The predicted molar refractivity (Wildman–Crippen MR) is 70.1 cm³/mol. The molecule has 2 aromatic rings. The normalized spacial score (nSPS) is 12.6. The zero-order valence-corrected chi connectivity index (χ0v) is 10.9. The smallest absolute Gasteiger partial charge is 0.108 e. The molecule has 0 saturated carbocycles. The summed E-state index contributed by atoms with van der Waals surface area (Å²) >= 11 is 0. The van der Waals surface area contributed by atoms with Crippen LogP contribution in [0.5, 0.6) is 0 Å². The Morgan fingerprint density at radius 3 is 2.89 bits per heavy atom. The minimum atomic E-state index is -0.445. The highest BCUT2D eigenvalue weighted by Gasteiger charge is 2.12. The Kier molecular flexibility index (Phi) is 4.10. The Labute approximate surface area is 107 Å². The van der Waals surface area contributed by atoms with Crippen molar-refractivity contribution in [2.45, 2.75) is 32.3 Å². The van der Waals surface area contributed by atoms with Crippen LogP contribution in [0.15, 0.2) is 30.9 Å². The van der Waals surface area contributed by atoms with Gasteiger partial charge >= 0.3 is 0 Å². The van der Waals surface area contributed by atoms with Crippen LogP contribution in [0.1, 0.15) is 36.4 Å². The van der Waals surface area contributed by atoms with Crippen molar-refractivity contribution < 1.29 is 5.11 Å². The van der Waals surface area contributed by atoms with E-state index in [0.29, 0.717) is 6.42 Å². The standard InChI is InChI=1S/C14H19N3O/c1-3-11-10-15-7-6-12(11)13(18)4-5-14-16-8-9-17(14)2/h6-10,13,18H,3-5H2,1-2H3. The second kappa shape index (κ2) is 5.78. The van der Waals surface area contributed by atoms with Crippen molar-refractivity contribution in [3.05, 3.63) is 47.8 Å². The van der Waals surface area contributed by atoms with E-state index in [4.69, 9.17) is 0 Å². The first kappa shape index (κ1) is 12.8. The van der Waals surface area contributed by atoms with Gasteiger partial charge in [0.2, 0.25) is 0 Å². The van der Waals surface area contributed by atoms with Crippen molar-refractivity contribution in [2.24, 2.45) is 7.05 Å². The maximum Gasteiger partial charge on any atom is 0.108 e. The lowest BCUT2D eigenvalue weighted by atomic mass is 9.99. The van der Waals surface area contributed by atoms with E-state index < -0.39 is 6.10 Å². The van der Waals surface area contributed by atoms with Crippen molar-refractivity contribution in [2.75, 3.05) is 0 Å². The Hall–Kier alpha value is -1.68. The van der Waals surface area contributed by atoms with E-state index in [1.54, 1.807) is 12.4 Å². The van der Waals surface area contributed by atoms with E-state index in [-0.39, 0.29) is 0 Å². The van der Waals surface area contributed by atoms with E-state index >= 15 is 0 Å². The molecule has 1 atom stereocenters. The molecular formula is C14H19N3O. The van der Waals surface area contributed by atoms with Gasteiger partial charge in [0.1, 0.15) is 5.82 Å². The molecular weight excluding hydrogens is 226 g/mol. The fourth-order valence-electron chi connectivity index (χ4n) is 2.12. The molecule has 96 valence electrons. The number of nitrogens with zero attached hydrogens (tertiary/aromatic N) is 3. The van der Waals surface area contributed by atoms with E-state index in [2.05, 4.69) is 16.9 Å². The van der Waals surface area contributed by atoms with Crippen molar-refractivity contribution in [3.8, 4) is 0 Å². The summed E-state index contributed by atoms with van der Waals surface area (Å²) in [5.41, 5.74) is 2.10.